The number of benzene rings is 1. The van der Waals surface area contributed by atoms with E-state index in [1.165, 1.54) is 0 Å². The predicted octanol–water partition coefficient (Wildman–Crippen LogP) is 2.86. The molecule has 5 nitrogen and oxygen atoms in total. The van der Waals surface area contributed by atoms with E-state index >= 15 is 0 Å². The first kappa shape index (κ1) is 17.3. The van der Waals surface area contributed by atoms with E-state index in [-0.39, 0.29) is 5.91 Å². The SMILES string of the molecule is N#Cc1ccccc1N1C[C@@H]2[C@@H](CCNC(=O)/C=C/c3cccnc3)[C@@H]2C1. The molecule has 1 N–H and O–H groups in total. The maximum atomic E-state index is 11.9. The third-order valence-corrected chi connectivity index (χ3v) is 5.63. The van der Waals surface area contributed by atoms with E-state index in [0.29, 0.717) is 24.3 Å². The summed E-state index contributed by atoms with van der Waals surface area (Å²) in [4.78, 5) is 18.3. The maximum absolute atomic E-state index is 11.9. The average Bonchev–Trinajstić information content (AvgIpc) is 3.16. The normalized spacial score (nSPS) is 23.1. The summed E-state index contributed by atoms with van der Waals surface area (Å²) in [6.07, 6.45) is 7.80. The highest BCUT2D eigenvalue weighted by atomic mass is 16.1. The summed E-state index contributed by atoms with van der Waals surface area (Å²) in [6, 6.07) is 13.9. The van der Waals surface area contributed by atoms with Gasteiger partial charge in [-0.15, -0.1) is 0 Å². The van der Waals surface area contributed by atoms with Crippen LogP contribution in [0.2, 0.25) is 0 Å². The Morgan fingerprint density at radius 2 is 2.07 bits per heavy atom. The summed E-state index contributed by atoms with van der Waals surface area (Å²) in [5.41, 5.74) is 2.73. The lowest BCUT2D eigenvalue weighted by molar-refractivity contribution is -0.116. The van der Waals surface area contributed by atoms with Crippen LogP contribution in [0.4, 0.5) is 5.69 Å². The number of anilines is 1. The zero-order chi connectivity index (χ0) is 18.6. The first-order valence-corrected chi connectivity index (χ1v) is 9.36. The van der Waals surface area contributed by atoms with E-state index in [9.17, 15) is 10.1 Å². The third kappa shape index (κ3) is 3.85. The number of piperidine rings is 1. The van der Waals surface area contributed by atoms with Gasteiger partial charge in [-0.1, -0.05) is 18.2 Å². The summed E-state index contributed by atoms with van der Waals surface area (Å²) in [7, 11) is 0. The van der Waals surface area contributed by atoms with Crippen molar-refractivity contribution in [2.75, 3.05) is 24.5 Å². The van der Waals surface area contributed by atoms with Crippen molar-refractivity contribution < 1.29 is 4.79 Å². The van der Waals surface area contributed by atoms with Gasteiger partial charge in [0.05, 0.1) is 11.3 Å². The van der Waals surface area contributed by atoms with Gasteiger partial charge in [-0.05, 0) is 54.0 Å². The Morgan fingerprint density at radius 1 is 1.26 bits per heavy atom. The molecular formula is C22H22N4O. The molecule has 0 radical (unpaired) electrons. The lowest BCUT2D eigenvalue weighted by atomic mass is 10.1. The summed E-state index contributed by atoms with van der Waals surface area (Å²) >= 11 is 0. The molecule has 1 aliphatic heterocycles. The monoisotopic (exact) mass is 358 g/mol. The molecule has 27 heavy (non-hydrogen) atoms. The van der Waals surface area contributed by atoms with Gasteiger partial charge in [-0.25, -0.2) is 0 Å². The first-order valence-electron chi connectivity index (χ1n) is 9.36. The molecule has 136 valence electrons. The number of hydrogen-bond acceptors (Lipinski definition) is 4. The number of carbonyl (C=O) groups is 1. The molecule has 1 saturated heterocycles. The van der Waals surface area contributed by atoms with Gasteiger partial charge >= 0.3 is 0 Å². The largest absolute Gasteiger partial charge is 0.370 e. The zero-order valence-electron chi connectivity index (χ0n) is 15.1. The lowest BCUT2D eigenvalue weighted by Crippen LogP contribution is -2.27. The fraction of sp³-hybridized carbons (Fsp3) is 0.318. The molecule has 0 unspecified atom stereocenters. The number of hydrogen-bond donors (Lipinski definition) is 1. The van der Waals surface area contributed by atoms with Crippen LogP contribution >= 0.6 is 0 Å². The minimum absolute atomic E-state index is 0.0609. The average molecular weight is 358 g/mol. The molecule has 2 heterocycles. The van der Waals surface area contributed by atoms with Crippen molar-refractivity contribution in [3.05, 3.63) is 66.0 Å². The number of carbonyl (C=O) groups excluding carboxylic acids is 1. The number of pyridine rings is 1. The van der Waals surface area contributed by atoms with Crippen LogP contribution in [0.25, 0.3) is 6.08 Å². The van der Waals surface area contributed by atoms with Gasteiger partial charge in [-0.3, -0.25) is 9.78 Å². The van der Waals surface area contributed by atoms with Gasteiger partial charge in [0.25, 0.3) is 0 Å². The van der Waals surface area contributed by atoms with Gasteiger partial charge in [0.1, 0.15) is 6.07 Å². The Hall–Kier alpha value is -3.13. The fourth-order valence-corrected chi connectivity index (χ4v) is 4.19. The summed E-state index contributed by atoms with van der Waals surface area (Å²) in [5, 5.41) is 12.2. The van der Waals surface area contributed by atoms with Crippen LogP contribution in [0.3, 0.4) is 0 Å². The van der Waals surface area contributed by atoms with E-state index in [1.54, 1.807) is 24.5 Å². The van der Waals surface area contributed by atoms with Crippen molar-refractivity contribution in [1.82, 2.24) is 10.3 Å². The first-order chi connectivity index (χ1) is 13.3. The molecule has 1 aromatic heterocycles. The zero-order valence-corrected chi connectivity index (χ0v) is 15.1. The molecular weight excluding hydrogens is 336 g/mol. The molecule has 1 amide bonds. The van der Waals surface area contributed by atoms with Gasteiger partial charge in [0.2, 0.25) is 5.91 Å². The smallest absolute Gasteiger partial charge is 0.244 e. The summed E-state index contributed by atoms with van der Waals surface area (Å²) in [5.74, 6) is 2.02. The van der Waals surface area contributed by atoms with Crippen molar-refractivity contribution in [3.8, 4) is 6.07 Å². The molecule has 3 atom stereocenters. The molecule has 2 fully saturated rings. The topological polar surface area (TPSA) is 69.0 Å². The number of fused-ring (bicyclic) bond motifs is 1. The number of aromatic nitrogens is 1. The van der Waals surface area contributed by atoms with Gasteiger partial charge in [0.15, 0.2) is 0 Å². The van der Waals surface area contributed by atoms with Gasteiger partial charge in [0, 0.05) is 38.1 Å². The Bertz CT molecular complexity index is 875. The Balaban J connectivity index is 1.20. The van der Waals surface area contributed by atoms with E-state index in [2.05, 4.69) is 21.3 Å². The quantitative estimate of drug-likeness (QED) is 0.806. The minimum Gasteiger partial charge on any atom is -0.370 e. The molecule has 1 saturated carbocycles. The number of amides is 1. The Morgan fingerprint density at radius 3 is 2.81 bits per heavy atom. The molecule has 0 spiro atoms. The standard InChI is InChI=1S/C22H22N4O/c23-12-17-5-1-2-6-21(17)26-14-19-18(20(19)15-26)9-11-25-22(27)8-7-16-4-3-10-24-13-16/h1-8,10,13,18-20H,9,11,14-15H2,(H,25,27)/b8-7+/t18-,19-,20+. The Labute approximate surface area is 159 Å². The second-order valence-corrected chi connectivity index (χ2v) is 7.22. The van der Waals surface area contributed by atoms with E-state index in [4.69, 9.17) is 0 Å². The third-order valence-electron chi connectivity index (χ3n) is 5.63. The highest BCUT2D eigenvalue weighted by molar-refractivity contribution is 5.91. The fourth-order valence-electron chi connectivity index (χ4n) is 4.19. The predicted molar refractivity (Wildman–Crippen MR) is 105 cm³/mol. The highest BCUT2D eigenvalue weighted by Gasteiger charge is 2.55. The van der Waals surface area contributed by atoms with Crippen molar-refractivity contribution in [2.24, 2.45) is 17.8 Å². The molecule has 2 aromatic rings. The molecule has 0 bridgehead atoms. The van der Waals surface area contributed by atoms with Crippen LogP contribution in [-0.2, 0) is 4.79 Å². The van der Waals surface area contributed by atoms with Crippen LogP contribution in [0.1, 0.15) is 17.5 Å². The number of nitrogens with one attached hydrogen (secondary N) is 1. The highest BCUT2D eigenvalue weighted by Crippen LogP contribution is 2.54. The molecule has 1 aliphatic carbocycles. The van der Waals surface area contributed by atoms with Crippen LogP contribution in [0.5, 0.6) is 0 Å². The second-order valence-electron chi connectivity index (χ2n) is 7.22. The van der Waals surface area contributed by atoms with Crippen LogP contribution in [0.15, 0.2) is 54.9 Å². The van der Waals surface area contributed by atoms with Crippen LogP contribution in [-0.4, -0.2) is 30.5 Å². The molecule has 1 aromatic carbocycles. The maximum Gasteiger partial charge on any atom is 0.244 e. The summed E-state index contributed by atoms with van der Waals surface area (Å²) in [6.45, 7) is 2.74. The molecule has 2 aliphatic rings. The van der Waals surface area contributed by atoms with Gasteiger partial charge < -0.3 is 10.2 Å². The number of nitrogens with zero attached hydrogens (tertiary/aromatic N) is 3. The number of para-hydroxylation sites is 1. The van der Waals surface area contributed by atoms with Crippen molar-refractivity contribution >= 4 is 17.7 Å². The van der Waals surface area contributed by atoms with Crippen LogP contribution < -0.4 is 10.2 Å². The Kier molecular flexibility index (Phi) is 4.88. The molecule has 4 rings (SSSR count). The van der Waals surface area contributed by atoms with Crippen molar-refractivity contribution in [1.29, 1.82) is 5.26 Å². The van der Waals surface area contributed by atoms with Crippen LogP contribution in [0, 0.1) is 29.1 Å². The number of rotatable bonds is 6. The summed E-state index contributed by atoms with van der Waals surface area (Å²) < 4.78 is 0. The molecule has 5 heteroatoms. The van der Waals surface area contributed by atoms with Crippen molar-refractivity contribution in [3.63, 3.8) is 0 Å². The van der Waals surface area contributed by atoms with E-state index < -0.39 is 0 Å². The number of nitriles is 1. The van der Waals surface area contributed by atoms with E-state index in [1.807, 2.05) is 36.4 Å². The second kappa shape index (κ2) is 7.63. The minimum atomic E-state index is -0.0609. The van der Waals surface area contributed by atoms with Gasteiger partial charge in [-0.2, -0.15) is 5.26 Å². The van der Waals surface area contributed by atoms with Crippen molar-refractivity contribution in [2.45, 2.75) is 6.42 Å². The lowest BCUT2D eigenvalue weighted by Gasteiger charge is -2.23. The van der Waals surface area contributed by atoms with E-state index in [0.717, 1.165) is 36.3 Å².